The number of carbonyl (C=O) groups excluding carboxylic acids is 2. The lowest BCUT2D eigenvalue weighted by molar-refractivity contribution is -0.125. The fraction of sp³-hybridized carbons (Fsp3) is 0.591. The van der Waals surface area contributed by atoms with E-state index in [4.69, 9.17) is 4.74 Å². The number of nitrogens with zero attached hydrogens (tertiary/aromatic N) is 4. The number of morpholine rings is 1. The molecule has 3 aliphatic heterocycles. The van der Waals surface area contributed by atoms with Crippen LogP contribution in [-0.4, -0.2) is 79.9 Å². The van der Waals surface area contributed by atoms with Gasteiger partial charge in [-0.1, -0.05) is 17.7 Å². The molecule has 1 aromatic carbocycles. The molecule has 3 aliphatic rings. The lowest BCUT2D eigenvalue weighted by atomic mass is 9.93. The molecule has 0 bridgehead atoms. The van der Waals surface area contributed by atoms with Gasteiger partial charge in [0.2, 0.25) is 5.84 Å². The number of nitrogens with one attached hydrogen (secondary N) is 1. The molecule has 0 aromatic heterocycles. The van der Waals surface area contributed by atoms with Crippen LogP contribution in [0.2, 0.25) is 0 Å². The number of aryl methyl sites for hydroxylation is 1. The Morgan fingerprint density at radius 2 is 1.83 bits per heavy atom. The van der Waals surface area contributed by atoms with Crippen LogP contribution in [0.5, 0.6) is 0 Å². The highest BCUT2D eigenvalue weighted by Crippen LogP contribution is 2.22. The molecule has 2 fully saturated rings. The van der Waals surface area contributed by atoms with E-state index in [9.17, 15) is 9.59 Å². The van der Waals surface area contributed by atoms with Crippen molar-refractivity contribution in [2.24, 2.45) is 10.9 Å². The minimum atomic E-state index is -0.169. The summed E-state index contributed by atoms with van der Waals surface area (Å²) in [5.41, 5.74) is 4.77. The molecule has 2 saturated heterocycles. The first kappa shape index (κ1) is 20.8. The summed E-state index contributed by atoms with van der Waals surface area (Å²) < 4.78 is 5.41. The Morgan fingerprint density at radius 1 is 1.13 bits per heavy atom. The van der Waals surface area contributed by atoms with Crippen LogP contribution in [0.3, 0.4) is 0 Å². The molecule has 0 spiro atoms. The van der Waals surface area contributed by atoms with Crippen LogP contribution in [0.25, 0.3) is 0 Å². The van der Waals surface area contributed by atoms with Crippen molar-refractivity contribution in [1.29, 1.82) is 0 Å². The Labute approximate surface area is 177 Å². The number of piperidine rings is 1. The van der Waals surface area contributed by atoms with E-state index >= 15 is 0 Å². The molecule has 30 heavy (non-hydrogen) atoms. The maximum Gasteiger partial charge on any atom is 0.290 e. The highest BCUT2D eigenvalue weighted by atomic mass is 16.5. The molecule has 0 radical (unpaired) electrons. The number of hydrogen-bond acceptors (Lipinski definition) is 6. The monoisotopic (exact) mass is 413 g/mol. The Kier molecular flexibility index (Phi) is 6.64. The molecule has 0 atom stereocenters. The molecule has 0 saturated carbocycles. The molecule has 1 N–H and O–H groups in total. The van der Waals surface area contributed by atoms with E-state index in [2.05, 4.69) is 15.3 Å². The number of carbonyl (C=O) groups is 2. The predicted octanol–water partition coefficient (Wildman–Crippen LogP) is 1.21. The largest absolute Gasteiger partial charge is 0.379 e. The van der Waals surface area contributed by atoms with Crippen LogP contribution in [-0.2, 0) is 14.3 Å². The summed E-state index contributed by atoms with van der Waals surface area (Å²) >= 11 is 0. The number of rotatable bonds is 5. The van der Waals surface area contributed by atoms with E-state index in [1.54, 1.807) is 0 Å². The molecular formula is C22H31N5O3. The van der Waals surface area contributed by atoms with E-state index in [0.717, 1.165) is 64.3 Å². The Hall–Kier alpha value is -2.45. The molecule has 3 heterocycles. The van der Waals surface area contributed by atoms with Gasteiger partial charge >= 0.3 is 0 Å². The van der Waals surface area contributed by atoms with Crippen molar-refractivity contribution in [3.8, 4) is 0 Å². The van der Waals surface area contributed by atoms with Gasteiger partial charge in [0.15, 0.2) is 0 Å². The molecule has 162 valence electrons. The van der Waals surface area contributed by atoms with Crippen LogP contribution in [0.15, 0.2) is 29.3 Å². The molecule has 0 unspecified atom stereocenters. The fourth-order valence-electron chi connectivity index (χ4n) is 4.20. The first-order chi connectivity index (χ1) is 14.6. The molecule has 2 amide bonds. The number of aliphatic imine (C=N–C) groups is 1. The molecular weight excluding hydrogens is 382 g/mol. The van der Waals surface area contributed by atoms with Crippen LogP contribution in [0.4, 0.5) is 5.69 Å². The van der Waals surface area contributed by atoms with Crippen LogP contribution in [0.1, 0.15) is 24.8 Å². The van der Waals surface area contributed by atoms with Crippen molar-refractivity contribution in [1.82, 2.24) is 15.2 Å². The molecule has 1 aromatic rings. The Morgan fingerprint density at radius 3 is 2.53 bits per heavy atom. The van der Waals surface area contributed by atoms with Gasteiger partial charge in [-0.2, -0.15) is 0 Å². The zero-order valence-corrected chi connectivity index (χ0v) is 17.7. The van der Waals surface area contributed by atoms with Crippen molar-refractivity contribution in [3.63, 3.8) is 0 Å². The van der Waals surface area contributed by atoms with Crippen LogP contribution >= 0.6 is 0 Å². The number of hydrogen-bond donors (Lipinski definition) is 1. The second-order valence-corrected chi connectivity index (χ2v) is 8.32. The summed E-state index contributed by atoms with van der Waals surface area (Å²) in [6.07, 6.45) is 3.21. The molecule has 4 rings (SSSR count). The summed E-state index contributed by atoms with van der Waals surface area (Å²) in [7, 11) is 0. The van der Waals surface area contributed by atoms with Gasteiger partial charge in [-0.05, 0) is 50.8 Å². The lowest BCUT2D eigenvalue weighted by Crippen LogP contribution is -2.57. The zero-order chi connectivity index (χ0) is 20.9. The average Bonchev–Trinajstić information content (AvgIpc) is 2.79. The van der Waals surface area contributed by atoms with Gasteiger partial charge < -0.3 is 9.64 Å². The SMILES string of the molecule is Cc1ccc(N2NC(C(=O)N3CCC(CCN4CCOCC4)CC3)=NCC2=O)cc1. The minimum Gasteiger partial charge on any atom is -0.379 e. The van der Waals surface area contributed by atoms with Gasteiger partial charge in [-0.15, -0.1) is 0 Å². The van der Waals surface area contributed by atoms with E-state index in [1.807, 2.05) is 36.1 Å². The predicted molar refractivity (Wildman–Crippen MR) is 115 cm³/mol. The number of amidine groups is 1. The number of benzene rings is 1. The molecule has 8 nitrogen and oxygen atoms in total. The maximum atomic E-state index is 13.0. The third kappa shape index (κ3) is 4.99. The summed E-state index contributed by atoms with van der Waals surface area (Å²) in [6, 6.07) is 7.62. The third-order valence-electron chi connectivity index (χ3n) is 6.19. The highest BCUT2D eigenvalue weighted by Gasteiger charge is 2.30. The number of hydrazine groups is 1. The second-order valence-electron chi connectivity index (χ2n) is 8.32. The van der Waals surface area contributed by atoms with E-state index in [1.165, 1.54) is 11.4 Å². The van der Waals surface area contributed by atoms with E-state index < -0.39 is 0 Å². The number of likely N-dealkylation sites (tertiary alicyclic amines) is 1. The van der Waals surface area contributed by atoms with Crippen molar-refractivity contribution in [2.75, 3.05) is 57.5 Å². The fourth-order valence-corrected chi connectivity index (χ4v) is 4.20. The van der Waals surface area contributed by atoms with Gasteiger partial charge in [0, 0.05) is 26.2 Å². The first-order valence-electron chi connectivity index (χ1n) is 10.9. The van der Waals surface area contributed by atoms with Gasteiger partial charge in [0.1, 0.15) is 6.54 Å². The summed E-state index contributed by atoms with van der Waals surface area (Å²) in [6.45, 7) is 8.31. The van der Waals surface area contributed by atoms with E-state index in [0.29, 0.717) is 11.6 Å². The summed E-state index contributed by atoms with van der Waals surface area (Å²) in [5, 5.41) is 1.43. The third-order valence-corrected chi connectivity index (χ3v) is 6.19. The van der Waals surface area contributed by atoms with Crippen molar-refractivity contribution < 1.29 is 14.3 Å². The summed E-state index contributed by atoms with van der Waals surface area (Å²) in [4.78, 5) is 33.8. The zero-order valence-electron chi connectivity index (χ0n) is 17.7. The minimum absolute atomic E-state index is 0.0159. The maximum absolute atomic E-state index is 13.0. The Bertz CT molecular complexity index is 780. The van der Waals surface area contributed by atoms with Crippen molar-refractivity contribution >= 4 is 23.3 Å². The van der Waals surface area contributed by atoms with Gasteiger partial charge in [0.05, 0.1) is 18.9 Å². The van der Waals surface area contributed by atoms with Crippen LogP contribution < -0.4 is 10.4 Å². The number of ether oxygens (including phenoxy) is 1. The second kappa shape index (κ2) is 9.57. The molecule has 0 aliphatic carbocycles. The van der Waals surface area contributed by atoms with E-state index in [-0.39, 0.29) is 24.2 Å². The highest BCUT2D eigenvalue weighted by molar-refractivity contribution is 6.39. The number of anilines is 1. The topological polar surface area (TPSA) is 77.5 Å². The van der Waals surface area contributed by atoms with Crippen LogP contribution in [0, 0.1) is 12.8 Å². The Balaban J connectivity index is 1.28. The van der Waals surface area contributed by atoms with Gasteiger partial charge in [-0.3, -0.25) is 24.9 Å². The number of amides is 2. The lowest BCUT2D eigenvalue weighted by Gasteiger charge is -2.35. The van der Waals surface area contributed by atoms with Gasteiger partial charge in [0.25, 0.3) is 11.8 Å². The normalized spacial score (nSPS) is 21.4. The first-order valence-corrected chi connectivity index (χ1v) is 10.9. The average molecular weight is 414 g/mol. The summed E-state index contributed by atoms with van der Waals surface area (Å²) in [5.74, 6) is 0.620. The standard InChI is InChI=1S/C22H31N5O3/c1-17-2-4-19(5-3-17)27-20(28)16-23-21(24-27)22(29)26-10-7-18(8-11-26)6-9-25-12-14-30-15-13-25/h2-5,18H,6-16H2,1H3,(H,23,24). The van der Waals surface area contributed by atoms with Gasteiger partial charge in [-0.25, -0.2) is 5.01 Å². The quantitative estimate of drug-likeness (QED) is 0.785. The smallest absolute Gasteiger partial charge is 0.290 e. The molecule has 8 heteroatoms. The van der Waals surface area contributed by atoms with Crippen molar-refractivity contribution in [3.05, 3.63) is 29.8 Å². The van der Waals surface area contributed by atoms with Crippen molar-refractivity contribution in [2.45, 2.75) is 26.2 Å².